The van der Waals surface area contributed by atoms with Gasteiger partial charge in [0.05, 0.1) is 0 Å². The van der Waals surface area contributed by atoms with Crippen LogP contribution in [0.3, 0.4) is 0 Å². The van der Waals surface area contributed by atoms with Crippen LogP contribution in [0.4, 0.5) is 5.69 Å². The quantitative estimate of drug-likeness (QED) is 0.565. The van der Waals surface area contributed by atoms with Crippen LogP contribution in [0, 0.1) is 0 Å². The molecule has 1 aromatic carbocycles. The molecule has 0 aromatic heterocycles. The third-order valence-electron chi connectivity index (χ3n) is 1.56. The summed E-state index contributed by atoms with van der Waals surface area (Å²) < 4.78 is 1.02. The molecule has 0 fully saturated rings. The van der Waals surface area contributed by atoms with Crippen molar-refractivity contribution in [3.8, 4) is 0 Å². The normalized spacial score (nSPS) is 10.1. The number of aryl methyl sites for hydroxylation is 1. The van der Waals surface area contributed by atoms with Crippen LogP contribution in [0.5, 0.6) is 0 Å². The molecule has 0 bridgehead atoms. The van der Waals surface area contributed by atoms with Crippen molar-refractivity contribution in [2.75, 3.05) is 5.73 Å². The summed E-state index contributed by atoms with van der Waals surface area (Å²) in [5.41, 5.74) is 7.61. The van der Waals surface area contributed by atoms with E-state index in [1.807, 2.05) is 12.1 Å². The summed E-state index contributed by atoms with van der Waals surface area (Å²) in [7, 11) is 0. The van der Waals surface area contributed by atoms with Crippen molar-refractivity contribution >= 4 is 34.2 Å². The molecule has 0 atom stereocenters. The molecule has 0 aliphatic heterocycles. The van der Waals surface area contributed by atoms with Gasteiger partial charge in [0.1, 0.15) is 0 Å². The standard InChI is InChI=1S/C8H10BrNS/c1-2-5-3-6(9)4-7(10)8(5)11/h3-4,11H,2,10H2,1H3. The van der Waals surface area contributed by atoms with Crippen LogP contribution < -0.4 is 5.73 Å². The van der Waals surface area contributed by atoms with Gasteiger partial charge >= 0.3 is 0 Å². The van der Waals surface area contributed by atoms with E-state index in [1.165, 1.54) is 5.56 Å². The molecule has 0 saturated heterocycles. The molecule has 0 saturated carbocycles. The zero-order valence-electron chi connectivity index (χ0n) is 6.26. The van der Waals surface area contributed by atoms with Gasteiger partial charge in [-0.2, -0.15) is 0 Å². The minimum Gasteiger partial charge on any atom is -0.398 e. The Bertz CT molecular complexity index is 273. The molecule has 1 rings (SSSR count). The summed E-state index contributed by atoms with van der Waals surface area (Å²) in [6.45, 7) is 2.08. The van der Waals surface area contributed by atoms with E-state index < -0.39 is 0 Å². The zero-order chi connectivity index (χ0) is 8.43. The summed E-state index contributed by atoms with van der Waals surface area (Å²) in [4.78, 5) is 0.899. The molecule has 60 valence electrons. The maximum absolute atomic E-state index is 5.69. The second kappa shape index (κ2) is 3.50. The molecule has 0 heterocycles. The van der Waals surface area contributed by atoms with Crippen molar-refractivity contribution < 1.29 is 0 Å². The Labute approximate surface area is 80.5 Å². The SMILES string of the molecule is CCc1cc(Br)cc(N)c1S. The fourth-order valence-electron chi connectivity index (χ4n) is 0.948. The molecule has 0 aliphatic rings. The molecule has 0 unspecified atom stereocenters. The average molecular weight is 232 g/mol. The molecular weight excluding hydrogens is 222 g/mol. The van der Waals surface area contributed by atoms with Crippen molar-refractivity contribution in [1.29, 1.82) is 0 Å². The van der Waals surface area contributed by atoms with Crippen LogP contribution in [0.1, 0.15) is 12.5 Å². The first-order valence-electron chi connectivity index (χ1n) is 3.42. The number of hydrogen-bond acceptors (Lipinski definition) is 2. The smallest absolute Gasteiger partial charge is 0.0463 e. The summed E-state index contributed by atoms with van der Waals surface area (Å²) in [5, 5.41) is 0. The van der Waals surface area contributed by atoms with E-state index in [0.29, 0.717) is 0 Å². The highest BCUT2D eigenvalue weighted by Crippen LogP contribution is 2.26. The second-order valence-corrected chi connectivity index (χ2v) is 3.72. The van der Waals surface area contributed by atoms with Crippen LogP contribution in [-0.4, -0.2) is 0 Å². The third-order valence-corrected chi connectivity index (χ3v) is 2.57. The van der Waals surface area contributed by atoms with Crippen molar-refractivity contribution in [2.24, 2.45) is 0 Å². The van der Waals surface area contributed by atoms with E-state index in [2.05, 4.69) is 35.5 Å². The van der Waals surface area contributed by atoms with Gasteiger partial charge in [0, 0.05) is 15.1 Å². The van der Waals surface area contributed by atoms with Gasteiger partial charge in [0.25, 0.3) is 0 Å². The molecule has 1 aromatic rings. The molecule has 0 spiro atoms. The molecule has 1 nitrogen and oxygen atoms in total. The number of nitrogens with two attached hydrogens (primary N) is 1. The Morgan fingerprint density at radius 3 is 2.73 bits per heavy atom. The number of rotatable bonds is 1. The zero-order valence-corrected chi connectivity index (χ0v) is 8.74. The van der Waals surface area contributed by atoms with Crippen LogP contribution in [0.2, 0.25) is 0 Å². The molecule has 0 amide bonds. The summed E-state index contributed by atoms with van der Waals surface area (Å²) in [6, 6.07) is 3.90. The lowest BCUT2D eigenvalue weighted by molar-refractivity contribution is 1.08. The highest BCUT2D eigenvalue weighted by Gasteiger charge is 2.01. The first-order chi connectivity index (χ1) is 5.15. The van der Waals surface area contributed by atoms with E-state index in [-0.39, 0.29) is 0 Å². The van der Waals surface area contributed by atoms with Gasteiger partial charge in [-0.05, 0) is 24.1 Å². The Morgan fingerprint density at radius 2 is 2.18 bits per heavy atom. The van der Waals surface area contributed by atoms with Crippen LogP contribution in [0.25, 0.3) is 0 Å². The molecule has 11 heavy (non-hydrogen) atoms. The van der Waals surface area contributed by atoms with Crippen LogP contribution in [0.15, 0.2) is 21.5 Å². The van der Waals surface area contributed by atoms with E-state index in [4.69, 9.17) is 5.73 Å². The summed E-state index contributed by atoms with van der Waals surface area (Å²) in [6.07, 6.45) is 0.961. The number of hydrogen-bond donors (Lipinski definition) is 2. The van der Waals surface area contributed by atoms with Crippen LogP contribution in [-0.2, 0) is 6.42 Å². The first-order valence-corrected chi connectivity index (χ1v) is 4.66. The molecule has 2 N–H and O–H groups in total. The molecular formula is C8H10BrNS. The lowest BCUT2D eigenvalue weighted by atomic mass is 10.1. The van der Waals surface area contributed by atoms with E-state index in [1.54, 1.807) is 0 Å². The maximum Gasteiger partial charge on any atom is 0.0463 e. The van der Waals surface area contributed by atoms with Gasteiger partial charge < -0.3 is 5.73 Å². The predicted molar refractivity (Wildman–Crippen MR) is 55.2 cm³/mol. The van der Waals surface area contributed by atoms with Crippen molar-refractivity contribution in [3.63, 3.8) is 0 Å². The van der Waals surface area contributed by atoms with Gasteiger partial charge in [-0.15, -0.1) is 12.6 Å². The van der Waals surface area contributed by atoms with Gasteiger partial charge in [0.15, 0.2) is 0 Å². The topological polar surface area (TPSA) is 26.0 Å². The third kappa shape index (κ3) is 1.91. The fraction of sp³-hybridized carbons (Fsp3) is 0.250. The highest BCUT2D eigenvalue weighted by atomic mass is 79.9. The average Bonchev–Trinajstić information content (AvgIpc) is 1.96. The lowest BCUT2D eigenvalue weighted by Gasteiger charge is -2.05. The van der Waals surface area contributed by atoms with Gasteiger partial charge in [-0.25, -0.2) is 0 Å². The Morgan fingerprint density at radius 1 is 1.55 bits per heavy atom. The minimum absolute atomic E-state index is 0.736. The second-order valence-electron chi connectivity index (χ2n) is 2.36. The maximum atomic E-state index is 5.69. The van der Waals surface area contributed by atoms with E-state index >= 15 is 0 Å². The summed E-state index contributed by atoms with van der Waals surface area (Å²) >= 11 is 7.67. The van der Waals surface area contributed by atoms with Gasteiger partial charge in [0.2, 0.25) is 0 Å². The Kier molecular flexibility index (Phi) is 2.84. The van der Waals surface area contributed by atoms with Crippen LogP contribution >= 0.6 is 28.6 Å². The van der Waals surface area contributed by atoms with E-state index in [0.717, 1.165) is 21.5 Å². The Balaban J connectivity index is 3.24. The molecule has 3 heteroatoms. The fourth-order valence-corrected chi connectivity index (χ4v) is 1.76. The molecule has 0 radical (unpaired) electrons. The number of benzene rings is 1. The Hall–Kier alpha value is -0.150. The largest absolute Gasteiger partial charge is 0.398 e. The number of anilines is 1. The van der Waals surface area contributed by atoms with Gasteiger partial charge in [-0.1, -0.05) is 22.9 Å². The van der Waals surface area contributed by atoms with Crippen molar-refractivity contribution in [2.45, 2.75) is 18.2 Å². The number of thiol groups is 1. The summed E-state index contributed by atoms with van der Waals surface area (Å²) in [5.74, 6) is 0. The monoisotopic (exact) mass is 231 g/mol. The van der Waals surface area contributed by atoms with Crippen molar-refractivity contribution in [1.82, 2.24) is 0 Å². The van der Waals surface area contributed by atoms with E-state index in [9.17, 15) is 0 Å². The number of halogens is 1. The lowest BCUT2D eigenvalue weighted by Crippen LogP contribution is -1.91. The molecule has 0 aliphatic carbocycles. The number of nitrogen functional groups attached to an aromatic ring is 1. The van der Waals surface area contributed by atoms with Crippen molar-refractivity contribution in [3.05, 3.63) is 22.2 Å². The predicted octanol–water partition coefficient (Wildman–Crippen LogP) is 2.88. The highest BCUT2D eigenvalue weighted by molar-refractivity contribution is 9.10. The minimum atomic E-state index is 0.736. The first kappa shape index (κ1) is 8.94. The van der Waals surface area contributed by atoms with Gasteiger partial charge in [-0.3, -0.25) is 0 Å².